The smallest absolute Gasteiger partial charge is 0.211 e. The van der Waals surface area contributed by atoms with Gasteiger partial charge in [0.1, 0.15) is 0 Å². The SMILES string of the molecule is CC1(C)CN(CC2CCCN(S(C)(=O)=O)C2)CC(CCl)O1. The second-order valence-electron chi connectivity index (χ2n) is 6.98. The standard InChI is InChI=1S/C14H27ClN2O3S/c1-14(2)11-16(10-13(7-15)20-14)8-12-5-4-6-17(9-12)21(3,18)19/h12-13H,4-11H2,1-3H3. The summed E-state index contributed by atoms with van der Waals surface area (Å²) >= 11 is 5.96. The van der Waals surface area contributed by atoms with Crippen LogP contribution in [-0.4, -0.2) is 74.2 Å². The first-order valence-electron chi connectivity index (χ1n) is 7.61. The number of morpholine rings is 1. The summed E-state index contributed by atoms with van der Waals surface area (Å²) in [7, 11) is -3.07. The molecular weight excluding hydrogens is 312 g/mol. The molecule has 5 nitrogen and oxygen atoms in total. The van der Waals surface area contributed by atoms with Crippen molar-refractivity contribution in [1.82, 2.24) is 9.21 Å². The van der Waals surface area contributed by atoms with Crippen molar-refractivity contribution in [3.05, 3.63) is 0 Å². The summed E-state index contributed by atoms with van der Waals surface area (Å²) in [6, 6.07) is 0. The Morgan fingerprint density at radius 1 is 1.33 bits per heavy atom. The summed E-state index contributed by atoms with van der Waals surface area (Å²) in [6.45, 7) is 8.10. The van der Waals surface area contributed by atoms with Gasteiger partial charge in [-0.2, -0.15) is 0 Å². The molecule has 7 heteroatoms. The van der Waals surface area contributed by atoms with E-state index in [-0.39, 0.29) is 11.7 Å². The second-order valence-corrected chi connectivity index (χ2v) is 9.27. The van der Waals surface area contributed by atoms with Gasteiger partial charge >= 0.3 is 0 Å². The third kappa shape index (κ3) is 5.06. The highest BCUT2D eigenvalue weighted by molar-refractivity contribution is 7.88. The summed E-state index contributed by atoms with van der Waals surface area (Å²) in [5.74, 6) is 0.901. The van der Waals surface area contributed by atoms with E-state index in [0.29, 0.717) is 24.9 Å². The van der Waals surface area contributed by atoms with Gasteiger partial charge in [0.05, 0.1) is 18.0 Å². The molecule has 0 radical (unpaired) electrons. The van der Waals surface area contributed by atoms with Crippen molar-refractivity contribution in [3.63, 3.8) is 0 Å². The lowest BCUT2D eigenvalue weighted by Crippen LogP contribution is -2.55. The van der Waals surface area contributed by atoms with Gasteiger partial charge in [0.15, 0.2) is 0 Å². The highest BCUT2D eigenvalue weighted by Crippen LogP contribution is 2.25. The Kier molecular flexibility index (Phi) is 5.58. The minimum atomic E-state index is -3.07. The van der Waals surface area contributed by atoms with Crippen LogP contribution in [0, 0.1) is 5.92 Å². The first kappa shape index (κ1) is 17.5. The predicted octanol–water partition coefficient (Wildman–Crippen LogP) is 1.38. The zero-order valence-corrected chi connectivity index (χ0v) is 14.8. The van der Waals surface area contributed by atoms with Crippen LogP contribution < -0.4 is 0 Å². The minimum Gasteiger partial charge on any atom is -0.368 e. The van der Waals surface area contributed by atoms with Gasteiger partial charge in [0.2, 0.25) is 10.0 Å². The first-order valence-corrected chi connectivity index (χ1v) is 9.99. The molecule has 0 saturated carbocycles. The number of rotatable bonds is 4. The number of hydrogen-bond donors (Lipinski definition) is 0. The third-order valence-corrected chi connectivity index (χ3v) is 5.81. The molecule has 0 bridgehead atoms. The Hall–Kier alpha value is 0.120. The predicted molar refractivity (Wildman–Crippen MR) is 85.3 cm³/mol. The molecule has 2 fully saturated rings. The fraction of sp³-hybridized carbons (Fsp3) is 1.00. The lowest BCUT2D eigenvalue weighted by atomic mass is 9.97. The summed E-state index contributed by atoms with van der Waals surface area (Å²) in [4.78, 5) is 2.38. The van der Waals surface area contributed by atoms with E-state index in [1.54, 1.807) is 4.31 Å². The van der Waals surface area contributed by atoms with Gasteiger partial charge in [-0.25, -0.2) is 12.7 Å². The van der Waals surface area contributed by atoms with E-state index in [0.717, 1.165) is 32.5 Å². The van der Waals surface area contributed by atoms with Crippen LogP contribution in [0.15, 0.2) is 0 Å². The zero-order valence-electron chi connectivity index (χ0n) is 13.2. The van der Waals surface area contributed by atoms with Crippen molar-refractivity contribution < 1.29 is 13.2 Å². The molecule has 2 rings (SSSR count). The van der Waals surface area contributed by atoms with E-state index >= 15 is 0 Å². The number of hydrogen-bond acceptors (Lipinski definition) is 4. The number of sulfonamides is 1. The molecule has 0 amide bonds. The minimum absolute atomic E-state index is 0.0602. The molecule has 2 unspecified atom stereocenters. The van der Waals surface area contributed by atoms with Crippen molar-refractivity contribution in [1.29, 1.82) is 0 Å². The maximum atomic E-state index is 11.7. The molecule has 2 aliphatic heterocycles. The van der Waals surface area contributed by atoms with Crippen LogP contribution in [0.2, 0.25) is 0 Å². The molecule has 2 aliphatic rings. The highest BCUT2D eigenvalue weighted by Gasteiger charge is 2.35. The summed E-state index contributed by atoms with van der Waals surface area (Å²) in [5.41, 5.74) is -0.191. The molecule has 0 spiro atoms. The number of halogens is 1. The summed E-state index contributed by atoms with van der Waals surface area (Å²) in [5, 5.41) is 0. The maximum Gasteiger partial charge on any atom is 0.211 e. The van der Waals surface area contributed by atoms with E-state index in [1.165, 1.54) is 6.26 Å². The maximum absolute atomic E-state index is 11.7. The molecular formula is C14H27ClN2O3S. The van der Waals surface area contributed by atoms with Crippen molar-refractivity contribution >= 4 is 21.6 Å². The molecule has 0 aromatic rings. The largest absolute Gasteiger partial charge is 0.368 e. The normalized spacial score (nSPS) is 32.2. The fourth-order valence-electron chi connectivity index (χ4n) is 3.48. The monoisotopic (exact) mass is 338 g/mol. The average Bonchev–Trinajstić information content (AvgIpc) is 2.36. The number of alkyl halides is 1. The van der Waals surface area contributed by atoms with Crippen LogP contribution in [0.25, 0.3) is 0 Å². The Morgan fingerprint density at radius 3 is 2.67 bits per heavy atom. The molecule has 21 heavy (non-hydrogen) atoms. The third-order valence-electron chi connectivity index (χ3n) is 4.19. The summed E-state index contributed by atoms with van der Waals surface area (Å²) in [6.07, 6.45) is 3.40. The Labute approximate surface area is 133 Å². The Morgan fingerprint density at radius 2 is 2.05 bits per heavy atom. The molecule has 0 aliphatic carbocycles. The average molecular weight is 339 g/mol. The van der Waals surface area contributed by atoms with Gasteiger partial charge in [0.25, 0.3) is 0 Å². The van der Waals surface area contributed by atoms with Crippen LogP contribution in [0.5, 0.6) is 0 Å². The molecule has 0 aromatic carbocycles. The van der Waals surface area contributed by atoms with Gasteiger partial charge in [0, 0.05) is 38.6 Å². The highest BCUT2D eigenvalue weighted by atomic mass is 35.5. The van der Waals surface area contributed by atoms with E-state index in [9.17, 15) is 8.42 Å². The van der Waals surface area contributed by atoms with Crippen LogP contribution in [-0.2, 0) is 14.8 Å². The zero-order chi connectivity index (χ0) is 15.7. The van der Waals surface area contributed by atoms with E-state index < -0.39 is 10.0 Å². The molecule has 0 N–H and O–H groups in total. The van der Waals surface area contributed by atoms with Crippen LogP contribution in [0.3, 0.4) is 0 Å². The lowest BCUT2D eigenvalue weighted by molar-refractivity contribution is -0.130. The van der Waals surface area contributed by atoms with Crippen molar-refractivity contribution in [2.75, 3.05) is 44.9 Å². The Balaban J connectivity index is 1.94. The number of piperidine rings is 1. The molecule has 2 atom stereocenters. The van der Waals surface area contributed by atoms with Gasteiger partial charge < -0.3 is 4.74 Å². The molecule has 124 valence electrons. The fourth-order valence-corrected chi connectivity index (χ4v) is 4.58. The van der Waals surface area contributed by atoms with Crippen LogP contribution >= 0.6 is 11.6 Å². The van der Waals surface area contributed by atoms with E-state index in [4.69, 9.17) is 16.3 Å². The summed E-state index contributed by atoms with van der Waals surface area (Å²) < 4.78 is 31.0. The second kappa shape index (κ2) is 6.71. The van der Waals surface area contributed by atoms with Crippen molar-refractivity contribution in [2.45, 2.75) is 38.4 Å². The van der Waals surface area contributed by atoms with Gasteiger partial charge in [-0.3, -0.25) is 4.90 Å². The van der Waals surface area contributed by atoms with Gasteiger partial charge in [-0.05, 0) is 32.6 Å². The Bertz CT molecular complexity index is 455. The molecule has 0 aromatic heterocycles. The van der Waals surface area contributed by atoms with E-state index in [1.807, 2.05) is 0 Å². The van der Waals surface area contributed by atoms with Crippen LogP contribution in [0.1, 0.15) is 26.7 Å². The molecule has 2 saturated heterocycles. The number of ether oxygens (including phenoxy) is 1. The van der Waals surface area contributed by atoms with Crippen LogP contribution in [0.4, 0.5) is 0 Å². The van der Waals surface area contributed by atoms with Gasteiger partial charge in [-0.15, -0.1) is 11.6 Å². The molecule has 2 heterocycles. The van der Waals surface area contributed by atoms with Crippen molar-refractivity contribution in [2.24, 2.45) is 5.92 Å². The first-order chi connectivity index (χ1) is 9.69. The van der Waals surface area contributed by atoms with Crippen molar-refractivity contribution in [3.8, 4) is 0 Å². The lowest BCUT2D eigenvalue weighted by Gasteiger charge is -2.44. The quantitative estimate of drug-likeness (QED) is 0.727. The van der Waals surface area contributed by atoms with E-state index in [2.05, 4.69) is 18.7 Å². The topological polar surface area (TPSA) is 49.9 Å². The number of nitrogens with zero attached hydrogens (tertiary/aromatic N) is 2. The van der Waals surface area contributed by atoms with Gasteiger partial charge in [-0.1, -0.05) is 0 Å².